The zero-order valence-electron chi connectivity index (χ0n) is 25.5. The van der Waals surface area contributed by atoms with Crippen LogP contribution in [0.15, 0.2) is 133 Å². The quantitative estimate of drug-likeness (QED) is 0.174. The summed E-state index contributed by atoms with van der Waals surface area (Å²) in [5, 5.41) is 10.8. The molecule has 0 nitrogen and oxygen atoms in total. The minimum absolute atomic E-state index is 1.00. The normalized spacial score (nSPS) is 12.0. The average molecular weight is 593 g/mol. The van der Waals surface area contributed by atoms with E-state index in [2.05, 4.69) is 147 Å². The molecule has 0 saturated heterocycles. The number of hydrogen-bond acceptors (Lipinski definition) is 1. The van der Waals surface area contributed by atoms with Crippen molar-refractivity contribution in [3.63, 3.8) is 0 Å². The molecular weight excluding hydrogens is 561 g/mol. The molecule has 214 valence electrons. The Bertz CT molecular complexity index is 2530. The van der Waals surface area contributed by atoms with Crippen LogP contribution in [0, 0.1) is 13.8 Å². The third kappa shape index (κ3) is 4.19. The van der Waals surface area contributed by atoms with Crippen molar-refractivity contribution in [3.8, 4) is 22.3 Å². The van der Waals surface area contributed by atoms with Gasteiger partial charge < -0.3 is 0 Å². The third-order valence-corrected chi connectivity index (χ3v) is 11.0. The van der Waals surface area contributed by atoms with Crippen LogP contribution in [-0.2, 0) is 12.8 Å². The Hall–Kier alpha value is -4.98. The van der Waals surface area contributed by atoms with Crippen LogP contribution in [0.25, 0.3) is 74.7 Å². The molecule has 0 unspecified atom stereocenters. The highest BCUT2D eigenvalue weighted by atomic mass is 32.1. The molecule has 8 aromatic carbocycles. The zero-order chi connectivity index (χ0) is 30.1. The summed E-state index contributed by atoms with van der Waals surface area (Å²) in [4.78, 5) is 0. The molecule has 0 aliphatic heterocycles. The maximum absolute atomic E-state index is 2.40. The predicted octanol–water partition coefficient (Wildman–Crippen LogP) is 12.7. The van der Waals surface area contributed by atoms with E-state index in [0.29, 0.717) is 0 Å². The number of fused-ring (bicyclic) bond motifs is 3. The lowest BCUT2D eigenvalue weighted by atomic mass is 9.83. The van der Waals surface area contributed by atoms with Crippen molar-refractivity contribution in [1.82, 2.24) is 0 Å². The SMILES string of the molecule is Cc1cccc(CCc2ccc(-c3cccc4c3sc3ccccc34)cc2)c1-c1c(C)cc2ccc3cccc4ccc1c2c34. The molecule has 1 heterocycles. The smallest absolute Gasteiger partial charge is 0.0433 e. The average Bonchev–Trinajstić information content (AvgIpc) is 3.46. The summed E-state index contributed by atoms with van der Waals surface area (Å²) in [6, 6.07) is 49.9. The molecule has 0 aliphatic rings. The molecule has 0 aliphatic carbocycles. The number of thiophene rings is 1. The van der Waals surface area contributed by atoms with E-state index in [1.807, 2.05) is 11.3 Å². The zero-order valence-corrected chi connectivity index (χ0v) is 26.3. The summed E-state index contributed by atoms with van der Waals surface area (Å²) >= 11 is 1.90. The van der Waals surface area contributed by atoms with Gasteiger partial charge in [0.15, 0.2) is 0 Å². The molecule has 0 atom stereocenters. The second-order valence-corrected chi connectivity index (χ2v) is 13.6. The van der Waals surface area contributed by atoms with Gasteiger partial charge >= 0.3 is 0 Å². The molecule has 0 radical (unpaired) electrons. The summed E-state index contributed by atoms with van der Waals surface area (Å²) in [5.41, 5.74) is 10.9. The monoisotopic (exact) mass is 592 g/mol. The molecule has 0 spiro atoms. The Kier molecular flexibility index (Phi) is 6.05. The van der Waals surface area contributed by atoms with Crippen LogP contribution in [0.4, 0.5) is 0 Å². The van der Waals surface area contributed by atoms with E-state index < -0.39 is 0 Å². The summed E-state index contributed by atoms with van der Waals surface area (Å²) in [5.74, 6) is 0. The molecular formula is C44H32S. The van der Waals surface area contributed by atoms with Gasteiger partial charge in [-0.05, 0) is 110 Å². The highest BCUT2D eigenvalue weighted by molar-refractivity contribution is 7.26. The molecule has 9 aromatic rings. The third-order valence-electron chi connectivity index (χ3n) is 9.81. The van der Waals surface area contributed by atoms with Crippen molar-refractivity contribution in [2.75, 3.05) is 0 Å². The van der Waals surface area contributed by atoms with Crippen molar-refractivity contribution >= 4 is 63.8 Å². The molecule has 0 N–H and O–H groups in total. The van der Waals surface area contributed by atoms with Gasteiger partial charge in [0.05, 0.1) is 0 Å². The fourth-order valence-corrected chi connectivity index (χ4v) is 8.92. The van der Waals surface area contributed by atoms with Crippen molar-refractivity contribution in [2.24, 2.45) is 0 Å². The first kappa shape index (κ1) is 26.4. The molecule has 0 fully saturated rings. The van der Waals surface area contributed by atoms with Crippen molar-refractivity contribution in [3.05, 3.63) is 156 Å². The van der Waals surface area contributed by atoms with Gasteiger partial charge in [-0.25, -0.2) is 0 Å². The number of benzene rings is 8. The van der Waals surface area contributed by atoms with E-state index in [1.165, 1.54) is 97.0 Å². The van der Waals surface area contributed by atoms with E-state index in [1.54, 1.807) is 0 Å². The molecule has 0 amide bonds. The van der Waals surface area contributed by atoms with Crippen LogP contribution in [-0.4, -0.2) is 0 Å². The van der Waals surface area contributed by atoms with Crippen LogP contribution in [0.5, 0.6) is 0 Å². The Morgan fingerprint density at radius 3 is 2.09 bits per heavy atom. The van der Waals surface area contributed by atoms with Gasteiger partial charge in [0, 0.05) is 20.2 Å². The number of rotatable bonds is 5. The Morgan fingerprint density at radius 2 is 1.22 bits per heavy atom. The minimum Gasteiger partial charge on any atom is -0.135 e. The second-order valence-electron chi connectivity index (χ2n) is 12.5. The van der Waals surface area contributed by atoms with Crippen LogP contribution in [0.3, 0.4) is 0 Å². The van der Waals surface area contributed by atoms with Gasteiger partial charge in [-0.15, -0.1) is 11.3 Å². The largest absolute Gasteiger partial charge is 0.135 e. The lowest BCUT2D eigenvalue weighted by Gasteiger charge is -2.20. The second kappa shape index (κ2) is 10.3. The lowest BCUT2D eigenvalue weighted by molar-refractivity contribution is 0.960. The topological polar surface area (TPSA) is 0 Å². The minimum atomic E-state index is 1.00. The van der Waals surface area contributed by atoms with E-state index in [0.717, 1.165) is 12.8 Å². The Balaban J connectivity index is 1.08. The first-order valence-corrected chi connectivity index (χ1v) is 16.7. The fourth-order valence-electron chi connectivity index (χ4n) is 7.69. The molecule has 1 heteroatoms. The lowest BCUT2D eigenvalue weighted by Crippen LogP contribution is -1.99. The van der Waals surface area contributed by atoms with Crippen molar-refractivity contribution < 1.29 is 0 Å². The fraction of sp³-hybridized carbons (Fsp3) is 0.0909. The first-order valence-electron chi connectivity index (χ1n) is 15.9. The van der Waals surface area contributed by atoms with Gasteiger partial charge in [-0.1, -0.05) is 127 Å². The van der Waals surface area contributed by atoms with Gasteiger partial charge in [0.1, 0.15) is 0 Å². The van der Waals surface area contributed by atoms with E-state index in [9.17, 15) is 0 Å². The van der Waals surface area contributed by atoms with Crippen LogP contribution in [0.2, 0.25) is 0 Å². The number of aryl methyl sites for hydroxylation is 4. The molecule has 1 aromatic heterocycles. The van der Waals surface area contributed by atoms with Gasteiger partial charge in [-0.2, -0.15) is 0 Å². The van der Waals surface area contributed by atoms with E-state index in [-0.39, 0.29) is 0 Å². The summed E-state index contributed by atoms with van der Waals surface area (Å²) in [6.07, 6.45) is 2.01. The Morgan fingerprint density at radius 1 is 0.489 bits per heavy atom. The van der Waals surface area contributed by atoms with Crippen LogP contribution < -0.4 is 0 Å². The summed E-state index contributed by atoms with van der Waals surface area (Å²) in [7, 11) is 0. The molecule has 45 heavy (non-hydrogen) atoms. The maximum Gasteiger partial charge on any atom is 0.0433 e. The van der Waals surface area contributed by atoms with E-state index >= 15 is 0 Å². The Labute approximate surface area is 267 Å². The first-order chi connectivity index (χ1) is 22.1. The predicted molar refractivity (Wildman–Crippen MR) is 197 cm³/mol. The molecule has 0 bridgehead atoms. The number of hydrogen-bond donors (Lipinski definition) is 0. The van der Waals surface area contributed by atoms with Crippen LogP contribution in [0.1, 0.15) is 22.3 Å². The highest BCUT2D eigenvalue weighted by Crippen LogP contribution is 2.43. The van der Waals surface area contributed by atoms with Gasteiger partial charge in [-0.3, -0.25) is 0 Å². The van der Waals surface area contributed by atoms with Gasteiger partial charge in [0.25, 0.3) is 0 Å². The molecule has 9 rings (SSSR count). The van der Waals surface area contributed by atoms with Crippen LogP contribution >= 0.6 is 11.3 Å². The van der Waals surface area contributed by atoms with E-state index in [4.69, 9.17) is 0 Å². The van der Waals surface area contributed by atoms with Crippen molar-refractivity contribution in [2.45, 2.75) is 26.7 Å². The van der Waals surface area contributed by atoms with Crippen molar-refractivity contribution in [1.29, 1.82) is 0 Å². The standard InChI is InChI=1S/C44H32S/c1-27-8-5-9-31(40(27)41-28(2)26-34-23-22-32-10-6-11-33-24-25-38(41)43(34)42(32)33)21-18-29-16-19-30(20-17-29)35-13-7-14-37-36-12-3-4-15-39(36)45-44(35)37/h3-17,19-20,22-26H,18,21H2,1-2H3. The summed E-state index contributed by atoms with van der Waals surface area (Å²) in [6.45, 7) is 4.57. The van der Waals surface area contributed by atoms with Gasteiger partial charge in [0.2, 0.25) is 0 Å². The summed E-state index contributed by atoms with van der Waals surface area (Å²) < 4.78 is 2.73. The molecule has 0 saturated carbocycles. The highest BCUT2D eigenvalue weighted by Gasteiger charge is 2.18. The maximum atomic E-state index is 2.40.